The van der Waals surface area contributed by atoms with E-state index in [2.05, 4.69) is 10.0 Å². The molecule has 3 rings (SSSR count). The summed E-state index contributed by atoms with van der Waals surface area (Å²) >= 11 is 0. The van der Waals surface area contributed by atoms with E-state index in [9.17, 15) is 17.6 Å². The Bertz CT molecular complexity index is 1150. The van der Waals surface area contributed by atoms with E-state index in [4.69, 9.17) is 9.47 Å². The molecule has 0 aromatic heterocycles. The van der Waals surface area contributed by atoms with E-state index in [1.165, 1.54) is 55.6 Å². The van der Waals surface area contributed by atoms with E-state index in [1.54, 1.807) is 24.3 Å². The number of hydrogen-bond donors (Lipinski definition) is 2. The summed E-state index contributed by atoms with van der Waals surface area (Å²) in [6, 6.07) is 17.8. The number of ether oxygens (including phenoxy) is 2. The highest BCUT2D eigenvalue weighted by atomic mass is 32.2. The van der Waals surface area contributed by atoms with Gasteiger partial charge < -0.3 is 14.8 Å². The Hall–Kier alpha value is -3.59. The van der Waals surface area contributed by atoms with Gasteiger partial charge in [0, 0.05) is 5.56 Å². The molecule has 9 heteroatoms. The number of para-hydroxylation sites is 2. The van der Waals surface area contributed by atoms with Gasteiger partial charge in [-0.2, -0.15) is 0 Å². The first-order valence-corrected chi connectivity index (χ1v) is 10.8. The lowest BCUT2D eigenvalue weighted by atomic mass is 10.2. The minimum absolute atomic E-state index is 0.0615. The first kappa shape index (κ1) is 22.1. The molecule has 2 N–H and O–H groups in total. The first-order valence-electron chi connectivity index (χ1n) is 9.31. The molecule has 0 aliphatic heterocycles. The Morgan fingerprint density at radius 1 is 1.00 bits per heavy atom. The normalized spacial score (nSPS) is 10.9. The van der Waals surface area contributed by atoms with Crippen LogP contribution in [0, 0.1) is 5.82 Å². The fraction of sp³-hybridized carbons (Fsp3) is 0.136. The van der Waals surface area contributed by atoms with Crippen LogP contribution < -0.4 is 19.5 Å². The molecule has 1 amide bonds. The van der Waals surface area contributed by atoms with Gasteiger partial charge in [-0.3, -0.25) is 9.52 Å². The zero-order valence-corrected chi connectivity index (χ0v) is 17.5. The van der Waals surface area contributed by atoms with Crippen molar-refractivity contribution >= 4 is 21.6 Å². The number of methoxy groups -OCH3 is 1. The van der Waals surface area contributed by atoms with Crippen LogP contribution in [0.25, 0.3) is 0 Å². The SMILES string of the molecule is COc1ccccc1NS(=O)(=O)c1cccc(C(=O)NCCOc2ccc(F)cc2)c1. The number of halogens is 1. The lowest BCUT2D eigenvalue weighted by Crippen LogP contribution is -2.28. The predicted molar refractivity (Wildman–Crippen MR) is 114 cm³/mol. The number of carbonyl (C=O) groups excluding carboxylic acids is 1. The van der Waals surface area contributed by atoms with E-state index in [1.807, 2.05) is 0 Å². The second-order valence-electron chi connectivity index (χ2n) is 6.39. The lowest BCUT2D eigenvalue weighted by molar-refractivity contribution is 0.0947. The van der Waals surface area contributed by atoms with Crippen molar-refractivity contribution in [3.8, 4) is 11.5 Å². The maximum Gasteiger partial charge on any atom is 0.262 e. The highest BCUT2D eigenvalue weighted by molar-refractivity contribution is 7.92. The maximum absolute atomic E-state index is 12.9. The standard InChI is InChI=1S/C22H21FN2O5S/c1-29-21-8-3-2-7-20(21)25-31(27,28)19-6-4-5-16(15-19)22(26)24-13-14-30-18-11-9-17(23)10-12-18/h2-12,15,25H,13-14H2,1H3,(H,24,26). The van der Waals surface area contributed by atoms with Gasteiger partial charge in [0.2, 0.25) is 0 Å². The van der Waals surface area contributed by atoms with Crippen LogP contribution in [0.1, 0.15) is 10.4 Å². The monoisotopic (exact) mass is 444 g/mol. The fourth-order valence-corrected chi connectivity index (χ4v) is 3.82. The van der Waals surface area contributed by atoms with E-state index in [0.29, 0.717) is 11.5 Å². The van der Waals surface area contributed by atoms with Crippen molar-refractivity contribution in [2.75, 3.05) is 25.0 Å². The van der Waals surface area contributed by atoms with Crippen molar-refractivity contribution in [3.05, 3.63) is 84.2 Å². The van der Waals surface area contributed by atoms with Gasteiger partial charge >= 0.3 is 0 Å². The Morgan fingerprint density at radius 2 is 1.74 bits per heavy atom. The van der Waals surface area contributed by atoms with Gasteiger partial charge in [-0.15, -0.1) is 0 Å². The molecule has 0 atom stereocenters. The number of nitrogens with one attached hydrogen (secondary N) is 2. The third kappa shape index (κ3) is 5.95. The van der Waals surface area contributed by atoms with Crippen molar-refractivity contribution < 1.29 is 27.1 Å². The smallest absolute Gasteiger partial charge is 0.262 e. The van der Waals surface area contributed by atoms with Crippen LogP contribution in [0.3, 0.4) is 0 Å². The largest absolute Gasteiger partial charge is 0.495 e. The third-order valence-corrected chi connectivity index (χ3v) is 5.59. The number of anilines is 1. The molecule has 0 unspecified atom stereocenters. The molecule has 3 aromatic carbocycles. The van der Waals surface area contributed by atoms with E-state index in [0.717, 1.165) is 0 Å². The topological polar surface area (TPSA) is 93.7 Å². The van der Waals surface area contributed by atoms with Crippen LogP contribution in [-0.4, -0.2) is 34.6 Å². The number of sulfonamides is 1. The van der Waals surface area contributed by atoms with Gasteiger partial charge in [-0.1, -0.05) is 18.2 Å². The van der Waals surface area contributed by atoms with Crippen molar-refractivity contribution in [1.29, 1.82) is 0 Å². The molecule has 7 nitrogen and oxygen atoms in total. The van der Waals surface area contributed by atoms with E-state index >= 15 is 0 Å². The second kappa shape index (κ2) is 9.94. The molecule has 0 bridgehead atoms. The highest BCUT2D eigenvalue weighted by Gasteiger charge is 2.18. The Labute approximate surface area is 179 Å². The van der Waals surface area contributed by atoms with Gasteiger partial charge in [0.1, 0.15) is 23.9 Å². The lowest BCUT2D eigenvalue weighted by Gasteiger charge is -2.12. The van der Waals surface area contributed by atoms with Gasteiger partial charge in [0.25, 0.3) is 15.9 Å². The molecule has 0 heterocycles. The highest BCUT2D eigenvalue weighted by Crippen LogP contribution is 2.26. The molecule has 0 fully saturated rings. The Kier molecular flexibility index (Phi) is 7.09. The molecular weight excluding hydrogens is 423 g/mol. The third-order valence-electron chi connectivity index (χ3n) is 4.23. The summed E-state index contributed by atoms with van der Waals surface area (Å²) in [5.41, 5.74) is 0.475. The molecular formula is C22H21FN2O5S. The van der Waals surface area contributed by atoms with Gasteiger partial charge in [-0.05, 0) is 54.6 Å². The van der Waals surface area contributed by atoms with Crippen molar-refractivity contribution in [3.63, 3.8) is 0 Å². The summed E-state index contributed by atoms with van der Waals surface area (Å²) in [4.78, 5) is 12.3. The number of benzene rings is 3. The summed E-state index contributed by atoms with van der Waals surface area (Å²) in [7, 11) is -2.49. The quantitative estimate of drug-likeness (QED) is 0.493. The van der Waals surface area contributed by atoms with Crippen LogP contribution in [-0.2, 0) is 10.0 Å². The van der Waals surface area contributed by atoms with E-state index in [-0.39, 0.29) is 35.1 Å². The molecule has 31 heavy (non-hydrogen) atoms. The van der Waals surface area contributed by atoms with Crippen LogP contribution in [0.5, 0.6) is 11.5 Å². The number of hydrogen-bond acceptors (Lipinski definition) is 5. The first-order chi connectivity index (χ1) is 14.9. The summed E-state index contributed by atoms with van der Waals surface area (Å²) < 4.78 is 51.4. The molecule has 0 aliphatic carbocycles. The average Bonchev–Trinajstić information content (AvgIpc) is 2.78. The summed E-state index contributed by atoms with van der Waals surface area (Å²) in [5, 5.41) is 2.65. The number of amides is 1. The molecule has 3 aromatic rings. The molecule has 162 valence electrons. The Balaban J connectivity index is 1.62. The minimum Gasteiger partial charge on any atom is -0.495 e. The predicted octanol–water partition coefficient (Wildman–Crippen LogP) is 3.44. The minimum atomic E-state index is -3.93. The second-order valence-corrected chi connectivity index (χ2v) is 8.07. The maximum atomic E-state index is 12.9. The van der Waals surface area contributed by atoms with Gasteiger partial charge in [-0.25, -0.2) is 12.8 Å². The van der Waals surface area contributed by atoms with Crippen molar-refractivity contribution in [2.45, 2.75) is 4.90 Å². The van der Waals surface area contributed by atoms with Crippen LogP contribution in [0.15, 0.2) is 77.7 Å². The number of rotatable bonds is 9. The fourth-order valence-electron chi connectivity index (χ4n) is 2.70. The summed E-state index contributed by atoms with van der Waals surface area (Å²) in [6.07, 6.45) is 0. The van der Waals surface area contributed by atoms with Crippen LogP contribution >= 0.6 is 0 Å². The zero-order valence-electron chi connectivity index (χ0n) is 16.7. The molecule has 0 saturated carbocycles. The molecule has 0 aliphatic rings. The van der Waals surface area contributed by atoms with Crippen molar-refractivity contribution in [1.82, 2.24) is 5.32 Å². The zero-order chi connectivity index (χ0) is 22.3. The number of carbonyl (C=O) groups is 1. The van der Waals surface area contributed by atoms with E-state index < -0.39 is 15.9 Å². The molecule has 0 saturated heterocycles. The molecule has 0 spiro atoms. The van der Waals surface area contributed by atoms with Gasteiger partial charge in [0.15, 0.2) is 0 Å². The van der Waals surface area contributed by atoms with Crippen LogP contribution in [0.2, 0.25) is 0 Å². The summed E-state index contributed by atoms with van der Waals surface area (Å²) in [5.74, 6) is 0.0417. The molecule has 0 radical (unpaired) electrons. The van der Waals surface area contributed by atoms with Crippen molar-refractivity contribution in [2.24, 2.45) is 0 Å². The van der Waals surface area contributed by atoms with Gasteiger partial charge in [0.05, 0.1) is 24.2 Å². The Morgan fingerprint density at radius 3 is 2.48 bits per heavy atom. The summed E-state index contributed by atoms with van der Waals surface area (Å²) in [6.45, 7) is 0.359. The van der Waals surface area contributed by atoms with Crippen LogP contribution in [0.4, 0.5) is 10.1 Å². The average molecular weight is 444 g/mol.